The molecule has 0 aliphatic rings. The highest BCUT2D eigenvalue weighted by Gasteiger charge is 2.20. The van der Waals surface area contributed by atoms with E-state index in [0.29, 0.717) is 16.5 Å². The number of anilines is 1. The van der Waals surface area contributed by atoms with Gasteiger partial charge < -0.3 is 9.73 Å². The molecule has 2 N–H and O–H groups in total. The molecule has 0 aliphatic carbocycles. The number of carbonyl (C=O) groups is 1. The van der Waals surface area contributed by atoms with E-state index in [4.69, 9.17) is 16.6 Å². The van der Waals surface area contributed by atoms with Crippen molar-refractivity contribution in [3.8, 4) is 21.9 Å². The van der Waals surface area contributed by atoms with E-state index in [2.05, 4.69) is 25.9 Å². The molecule has 0 bridgehead atoms. The zero-order chi connectivity index (χ0) is 24.5. The maximum absolute atomic E-state index is 12.6. The van der Waals surface area contributed by atoms with Crippen molar-refractivity contribution in [2.24, 2.45) is 0 Å². The van der Waals surface area contributed by atoms with Gasteiger partial charge in [-0.05, 0) is 49.5 Å². The monoisotopic (exact) mass is 505 g/mol. The highest BCUT2D eigenvalue weighted by atomic mass is 32.1. The van der Waals surface area contributed by atoms with E-state index >= 15 is 0 Å². The van der Waals surface area contributed by atoms with Crippen molar-refractivity contribution in [1.82, 2.24) is 25.1 Å². The van der Waals surface area contributed by atoms with E-state index < -0.39 is 10.8 Å². The van der Waals surface area contributed by atoms with Crippen LogP contribution in [0.5, 0.6) is 0 Å². The van der Waals surface area contributed by atoms with Crippen molar-refractivity contribution in [2.75, 3.05) is 5.32 Å². The SMILES string of the molecule is Cc1nnc2sc(-c3cccc(NC(=S)NC(=O)c4ccc(-c5ccccc5[N+](=O)[O-])o4)c3)nn12. The summed E-state index contributed by atoms with van der Waals surface area (Å²) in [5, 5.41) is 30.2. The van der Waals surface area contributed by atoms with Crippen molar-refractivity contribution >= 4 is 50.9 Å². The molecule has 0 saturated carbocycles. The Labute approximate surface area is 206 Å². The summed E-state index contributed by atoms with van der Waals surface area (Å²) >= 11 is 6.68. The first kappa shape index (κ1) is 22.3. The second-order valence-corrected chi connectivity index (χ2v) is 8.64. The lowest BCUT2D eigenvalue weighted by molar-refractivity contribution is -0.384. The van der Waals surface area contributed by atoms with Gasteiger partial charge in [0.05, 0.1) is 10.5 Å². The summed E-state index contributed by atoms with van der Waals surface area (Å²) in [4.78, 5) is 24.1. The van der Waals surface area contributed by atoms with Gasteiger partial charge in [-0.2, -0.15) is 9.61 Å². The van der Waals surface area contributed by atoms with Gasteiger partial charge in [0.2, 0.25) is 4.96 Å². The molecule has 0 atom stereocenters. The van der Waals surface area contributed by atoms with Crippen LogP contribution in [0.2, 0.25) is 0 Å². The summed E-state index contributed by atoms with van der Waals surface area (Å²) in [5.74, 6) is 0.275. The quantitative estimate of drug-likeness (QED) is 0.201. The Kier molecular flexibility index (Phi) is 5.76. The van der Waals surface area contributed by atoms with Crippen molar-refractivity contribution < 1.29 is 14.1 Å². The molecule has 0 aliphatic heterocycles. The van der Waals surface area contributed by atoms with Crippen LogP contribution in [0, 0.1) is 17.0 Å². The number of aromatic nitrogens is 4. The molecule has 1 amide bonds. The van der Waals surface area contributed by atoms with Crippen LogP contribution in [0.15, 0.2) is 65.1 Å². The number of thiocarbonyl (C=S) groups is 1. The number of nitrogens with zero attached hydrogens (tertiary/aromatic N) is 5. The Hall–Kier alpha value is -4.49. The van der Waals surface area contributed by atoms with E-state index in [1.54, 1.807) is 28.8 Å². The first-order valence-corrected chi connectivity index (χ1v) is 11.4. The number of furan rings is 1. The zero-order valence-electron chi connectivity index (χ0n) is 18.0. The molecule has 3 heterocycles. The number of rotatable bonds is 5. The van der Waals surface area contributed by atoms with Crippen LogP contribution in [-0.4, -0.2) is 35.8 Å². The highest BCUT2D eigenvalue weighted by Crippen LogP contribution is 2.31. The maximum Gasteiger partial charge on any atom is 0.293 e. The minimum Gasteiger partial charge on any atom is -0.451 e. The number of nitro benzene ring substituents is 1. The topological polar surface area (TPSA) is 140 Å². The number of para-hydroxylation sites is 1. The van der Waals surface area contributed by atoms with Gasteiger partial charge in [-0.3, -0.25) is 20.2 Å². The summed E-state index contributed by atoms with van der Waals surface area (Å²) in [6.45, 7) is 1.83. The smallest absolute Gasteiger partial charge is 0.293 e. The normalized spacial score (nSPS) is 10.9. The number of hydrogen-bond donors (Lipinski definition) is 2. The summed E-state index contributed by atoms with van der Waals surface area (Å²) in [6.07, 6.45) is 0. The molecule has 13 heteroatoms. The van der Waals surface area contributed by atoms with E-state index in [0.717, 1.165) is 10.6 Å². The van der Waals surface area contributed by atoms with Crippen molar-refractivity contribution in [3.63, 3.8) is 0 Å². The third-order valence-electron chi connectivity index (χ3n) is 4.94. The second kappa shape index (κ2) is 9.04. The standard InChI is InChI=1S/C22H15N7O4S2/c1-12-25-26-22-28(12)27-20(35-22)13-5-4-6-14(11-13)23-21(34)24-19(30)18-10-9-17(33-18)15-7-2-3-8-16(15)29(31)32/h2-11H,1H3,(H2,23,24,30,34). The van der Waals surface area contributed by atoms with E-state index in [1.165, 1.54) is 29.5 Å². The number of amides is 1. The summed E-state index contributed by atoms with van der Waals surface area (Å²) < 4.78 is 7.23. The van der Waals surface area contributed by atoms with Crippen LogP contribution in [0.4, 0.5) is 11.4 Å². The number of benzene rings is 2. The van der Waals surface area contributed by atoms with Crippen LogP contribution >= 0.6 is 23.6 Å². The number of hydrogen-bond acceptors (Lipinski definition) is 9. The number of fused-ring (bicyclic) bond motifs is 1. The molecule has 0 radical (unpaired) electrons. The van der Waals surface area contributed by atoms with Gasteiger partial charge in [0.1, 0.15) is 10.8 Å². The van der Waals surface area contributed by atoms with Crippen molar-refractivity contribution in [3.05, 3.63) is 82.4 Å². The molecular formula is C22H15N7O4S2. The van der Waals surface area contributed by atoms with Gasteiger partial charge >= 0.3 is 0 Å². The Morgan fingerprint density at radius 2 is 1.97 bits per heavy atom. The van der Waals surface area contributed by atoms with Crippen LogP contribution in [-0.2, 0) is 0 Å². The Morgan fingerprint density at radius 3 is 2.77 bits per heavy atom. The molecule has 0 saturated heterocycles. The van der Waals surface area contributed by atoms with E-state index in [-0.39, 0.29) is 27.9 Å². The fourth-order valence-corrected chi connectivity index (χ4v) is 4.43. The van der Waals surface area contributed by atoms with Crippen LogP contribution in [0.3, 0.4) is 0 Å². The predicted octanol–water partition coefficient (Wildman–Crippen LogP) is 4.46. The molecule has 5 rings (SSSR count). The Bertz CT molecular complexity index is 1600. The third-order valence-corrected chi connectivity index (χ3v) is 6.09. The molecular weight excluding hydrogens is 490 g/mol. The van der Waals surface area contributed by atoms with E-state index in [1.807, 2.05) is 25.1 Å². The highest BCUT2D eigenvalue weighted by molar-refractivity contribution is 7.80. The Balaban J connectivity index is 1.28. The largest absolute Gasteiger partial charge is 0.451 e. The average Bonchev–Trinajstić information content (AvgIpc) is 3.57. The number of aryl methyl sites for hydroxylation is 1. The third kappa shape index (κ3) is 4.49. The van der Waals surface area contributed by atoms with E-state index in [9.17, 15) is 14.9 Å². The number of carbonyl (C=O) groups excluding carboxylic acids is 1. The lowest BCUT2D eigenvalue weighted by Crippen LogP contribution is -2.33. The molecule has 0 unspecified atom stereocenters. The van der Waals surface area contributed by atoms with Crippen LogP contribution in [0.1, 0.15) is 16.4 Å². The molecule has 5 aromatic rings. The average molecular weight is 506 g/mol. The molecule has 0 spiro atoms. The molecule has 11 nitrogen and oxygen atoms in total. The van der Waals surface area contributed by atoms with Crippen LogP contribution < -0.4 is 10.6 Å². The summed E-state index contributed by atoms with van der Waals surface area (Å²) in [6, 6.07) is 16.4. The molecule has 0 fully saturated rings. The number of nitrogens with one attached hydrogen (secondary N) is 2. The molecule has 2 aromatic carbocycles. The molecule has 174 valence electrons. The minimum absolute atomic E-state index is 0.0360. The number of nitro groups is 1. The van der Waals surface area contributed by atoms with Gasteiger partial charge in [0, 0.05) is 17.3 Å². The van der Waals surface area contributed by atoms with Gasteiger partial charge in [-0.25, -0.2) is 0 Å². The second-order valence-electron chi connectivity index (χ2n) is 7.28. The first-order valence-electron chi connectivity index (χ1n) is 10.1. The van der Waals surface area contributed by atoms with Gasteiger partial charge in [-0.1, -0.05) is 35.6 Å². The molecule has 35 heavy (non-hydrogen) atoms. The zero-order valence-corrected chi connectivity index (χ0v) is 19.6. The van der Waals surface area contributed by atoms with Crippen molar-refractivity contribution in [1.29, 1.82) is 0 Å². The molecule has 3 aromatic heterocycles. The van der Waals surface area contributed by atoms with Gasteiger partial charge in [-0.15, -0.1) is 10.2 Å². The van der Waals surface area contributed by atoms with Gasteiger partial charge in [0.15, 0.2) is 16.7 Å². The summed E-state index contributed by atoms with van der Waals surface area (Å²) in [7, 11) is 0. The van der Waals surface area contributed by atoms with Crippen molar-refractivity contribution in [2.45, 2.75) is 6.92 Å². The predicted molar refractivity (Wildman–Crippen MR) is 133 cm³/mol. The fraction of sp³-hybridized carbons (Fsp3) is 0.0455. The first-order chi connectivity index (χ1) is 16.9. The maximum atomic E-state index is 12.6. The Morgan fingerprint density at radius 1 is 1.14 bits per heavy atom. The lowest BCUT2D eigenvalue weighted by Gasteiger charge is -2.09. The fourth-order valence-electron chi connectivity index (χ4n) is 3.33. The van der Waals surface area contributed by atoms with Crippen LogP contribution in [0.25, 0.3) is 26.9 Å². The lowest BCUT2D eigenvalue weighted by atomic mass is 10.1. The minimum atomic E-state index is -0.590. The van der Waals surface area contributed by atoms with Gasteiger partial charge in [0.25, 0.3) is 11.6 Å². The summed E-state index contributed by atoms with van der Waals surface area (Å²) in [5.41, 5.74) is 1.65.